The molecule has 1 aromatic heterocycles. The van der Waals surface area contributed by atoms with Crippen LogP contribution in [0.2, 0.25) is 0 Å². The van der Waals surface area contributed by atoms with E-state index < -0.39 is 0 Å². The minimum atomic E-state index is 0.0616. The van der Waals surface area contributed by atoms with Crippen LogP contribution in [0.3, 0.4) is 0 Å². The summed E-state index contributed by atoms with van der Waals surface area (Å²) in [5, 5.41) is 9.04. The van der Waals surface area contributed by atoms with E-state index in [9.17, 15) is 0 Å². The molecule has 1 aliphatic rings. The first-order valence-corrected chi connectivity index (χ1v) is 5.76. The molecule has 1 aromatic rings. The summed E-state index contributed by atoms with van der Waals surface area (Å²) < 4.78 is 5.22. The summed E-state index contributed by atoms with van der Waals surface area (Å²) in [7, 11) is 0. The van der Waals surface area contributed by atoms with Crippen LogP contribution in [0.5, 0.6) is 6.01 Å². The van der Waals surface area contributed by atoms with Gasteiger partial charge in [0.15, 0.2) is 0 Å². The van der Waals surface area contributed by atoms with Crippen LogP contribution in [-0.2, 0) is 0 Å². The zero-order valence-electron chi connectivity index (χ0n) is 9.83. The highest BCUT2D eigenvalue weighted by Crippen LogP contribution is 2.30. The van der Waals surface area contributed by atoms with Gasteiger partial charge in [0.25, 0.3) is 0 Å². The van der Waals surface area contributed by atoms with Gasteiger partial charge in [-0.2, -0.15) is 15.0 Å². The predicted octanol–water partition coefficient (Wildman–Crippen LogP) is -0.186. The molecule has 94 valence electrons. The summed E-state index contributed by atoms with van der Waals surface area (Å²) in [6.07, 6.45) is 2.19. The van der Waals surface area contributed by atoms with Crippen LogP contribution >= 0.6 is 0 Å². The molecule has 0 spiro atoms. The third-order valence-electron chi connectivity index (χ3n) is 2.48. The number of hydrogen-bond donors (Lipinski definition) is 2. The molecular formula is C10H17N5O2. The van der Waals surface area contributed by atoms with Gasteiger partial charge < -0.3 is 20.5 Å². The summed E-state index contributed by atoms with van der Waals surface area (Å²) >= 11 is 0. The smallest absolute Gasteiger partial charge is 0.323 e. The van der Waals surface area contributed by atoms with Gasteiger partial charge in [0.2, 0.25) is 11.9 Å². The SMILES string of the molecule is CCOc1nc(N)nc(N(CCO)C2CC2)n1. The Labute approximate surface area is 99.6 Å². The zero-order chi connectivity index (χ0) is 12.3. The maximum atomic E-state index is 9.04. The van der Waals surface area contributed by atoms with Crippen LogP contribution in [-0.4, -0.2) is 45.9 Å². The summed E-state index contributed by atoms with van der Waals surface area (Å²) in [6.45, 7) is 2.89. The lowest BCUT2D eigenvalue weighted by atomic mass is 10.5. The van der Waals surface area contributed by atoms with Gasteiger partial charge in [-0.1, -0.05) is 0 Å². The van der Waals surface area contributed by atoms with Crippen LogP contribution in [0.1, 0.15) is 19.8 Å². The van der Waals surface area contributed by atoms with E-state index in [0.717, 1.165) is 12.8 Å². The van der Waals surface area contributed by atoms with E-state index in [-0.39, 0.29) is 18.6 Å². The van der Waals surface area contributed by atoms with Gasteiger partial charge in [0, 0.05) is 12.6 Å². The molecule has 0 aliphatic heterocycles. The van der Waals surface area contributed by atoms with Crippen LogP contribution in [0.15, 0.2) is 0 Å². The third kappa shape index (κ3) is 2.94. The van der Waals surface area contributed by atoms with E-state index >= 15 is 0 Å². The number of aromatic nitrogens is 3. The lowest BCUT2D eigenvalue weighted by Crippen LogP contribution is -2.31. The van der Waals surface area contributed by atoms with Crippen LogP contribution in [0, 0.1) is 0 Å². The molecule has 7 heteroatoms. The van der Waals surface area contributed by atoms with E-state index in [1.165, 1.54) is 0 Å². The van der Waals surface area contributed by atoms with Crippen molar-refractivity contribution in [2.45, 2.75) is 25.8 Å². The van der Waals surface area contributed by atoms with Crippen molar-refractivity contribution in [3.8, 4) is 6.01 Å². The molecule has 3 N–H and O–H groups in total. The average Bonchev–Trinajstić information content (AvgIpc) is 3.09. The Morgan fingerprint density at radius 1 is 1.41 bits per heavy atom. The molecule has 0 radical (unpaired) electrons. The molecule has 0 saturated heterocycles. The fourth-order valence-corrected chi connectivity index (χ4v) is 1.62. The van der Waals surface area contributed by atoms with Crippen molar-refractivity contribution < 1.29 is 9.84 Å². The van der Waals surface area contributed by atoms with Gasteiger partial charge in [0.1, 0.15) is 0 Å². The molecule has 7 nitrogen and oxygen atoms in total. The van der Waals surface area contributed by atoms with Crippen LogP contribution in [0.25, 0.3) is 0 Å². The molecular weight excluding hydrogens is 222 g/mol. The molecule has 0 bridgehead atoms. The van der Waals surface area contributed by atoms with Crippen molar-refractivity contribution in [3.63, 3.8) is 0 Å². The van der Waals surface area contributed by atoms with E-state index in [0.29, 0.717) is 25.1 Å². The summed E-state index contributed by atoms with van der Waals surface area (Å²) in [5.74, 6) is 0.625. The van der Waals surface area contributed by atoms with Crippen molar-refractivity contribution in [2.24, 2.45) is 0 Å². The highest BCUT2D eigenvalue weighted by Gasteiger charge is 2.31. The van der Waals surface area contributed by atoms with Crippen molar-refractivity contribution in [2.75, 3.05) is 30.4 Å². The Kier molecular flexibility index (Phi) is 3.58. The molecule has 0 amide bonds. The lowest BCUT2D eigenvalue weighted by molar-refractivity contribution is 0.298. The summed E-state index contributed by atoms with van der Waals surface area (Å²) in [4.78, 5) is 14.1. The van der Waals surface area contributed by atoms with Gasteiger partial charge in [-0.3, -0.25) is 0 Å². The largest absolute Gasteiger partial charge is 0.464 e. The van der Waals surface area contributed by atoms with Crippen LogP contribution < -0.4 is 15.4 Å². The standard InChI is InChI=1S/C10H17N5O2/c1-2-17-10-13-8(11)12-9(14-10)15(5-6-16)7-3-4-7/h7,16H,2-6H2,1H3,(H2,11,12,13,14). The van der Waals surface area contributed by atoms with Crippen molar-refractivity contribution in [1.82, 2.24) is 15.0 Å². The summed E-state index contributed by atoms with van der Waals surface area (Å²) in [6, 6.07) is 0.636. The number of aliphatic hydroxyl groups is 1. The van der Waals surface area contributed by atoms with E-state index in [2.05, 4.69) is 15.0 Å². The number of nitrogens with two attached hydrogens (primary N) is 1. The second-order valence-electron chi connectivity index (χ2n) is 3.86. The van der Waals surface area contributed by atoms with Gasteiger partial charge in [-0.15, -0.1) is 0 Å². The van der Waals surface area contributed by atoms with Gasteiger partial charge in [-0.25, -0.2) is 0 Å². The van der Waals surface area contributed by atoms with Gasteiger partial charge in [0.05, 0.1) is 13.2 Å². The second kappa shape index (κ2) is 5.13. The quantitative estimate of drug-likeness (QED) is 0.710. The highest BCUT2D eigenvalue weighted by molar-refractivity contribution is 5.38. The molecule has 17 heavy (non-hydrogen) atoms. The van der Waals surface area contributed by atoms with Crippen molar-refractivity contribution in [1.29, 1.82) is 0 Å². The Morgan fingerprint density at radius 3 is 2.76 bits per heavy atom. The molecule has 0 unspecified atom stereocenters. The summed E-state index contributed by atoms with van der Waals surface area (Å²) in [5.41, 5.74) is 5.61. The topological polar surface area (TPSA) is 97.4 Å². The molecule has 1 fully saturated rings. The Hall–Kier alpha value is -1.63. The fourth-order valence-electron chi connectivity index (χ4n) is 1.62. The van der Waals surface area contributed by atoms with E-state index in [1.54, 1.807) is 0 Å². The number of hydrogen-bond acceptors (Lipinski definition) is 7. The maximum Gasteiger partial charge on any atom is 0.323 e. The van der Waals surface area contributed by atoms with Crippen molar-refractivity contribution in [3.05, 3.63) is 0 Å². The third-order valence-corrected chi connectivity index (χ3v) is 2.48. The number of nitrogens with zero attached hydrogens (tertiary/aromatic N) is 4. The average molecular weight is 239 g/mol. The highest BCUT2D eigenvalue weighted by atomic mass is 16.5. The predicted molar refractivity (Wildman–Crippen MR) is 62.9 cm³/mol. The maximum absolute atomic E-state index is 9.04. The zero-order valence-corrected chi connectivity index (χ0v) is 9.83. The first-order chi connectivity index (χ1) is 8.24. The van der Waals surface area contributed by atoms with Gasteiger partial charge in [-0.05, 0) is 19.8 Å². The Bertz CT molecular complexity index is 383. The number of ether oxygens (including phenoxy) is 1. The minimum Gasteiger partial charge on any atom is -0.464 e. The number of aliphatic hydroxyl groups excluding tert-OH is 1. The normalized spacial score (nSPS) is 14.7. The lowest BCUT2D eigenvalue weighted by Gasteiger charge is -2.21. The monoisotopic (exact) mass is 239 g/mol. The molecule has 1 aliphatic carbocycles. The van der Waals surface area contributed by atoms with E-state index in [1.807, 2.05) is 11.8 Å². The molecule has 0 aromatic carbocycles. The van der Waals surface area contributed by atoms with E-state index in [4.69, 9.17) is 15.6 Å². The van der Waals surface area contributed by atoms with Crippen LogP contribution in [0.4, 0.5) is 11.9 Å². The second-order valence-corrected chi connectivity index (χ2v) is 3.86. The number of rotatable bonds is 6. The van der Waals surface area contributed by atoms with Gasteiger partial charge >= 0.3 is 6.01 Å². The molecule has 1 heterocycles. The van der Waals surface area contributed by atoms with Crippen molar-refractivity contribution >= 4 is 11.9 Å². The Morgan fingerprint density at radius 2 is 2.18 bits per heavy atom. The Balaban J connectivity index is 2.22. The first kappa shape index (κ1) is 11.8. The first-order valence-electron chi connectivity index (χ1n) is 5.76. The fraction of sp³-hybridized carbons (Fsp3) is 0.700. The molecule has 1 saturated carbocycles. The molecule has 2 rings (SSSR count). The molecule has 0 atom stereocenters. The number of nitrogen functional groups attached to an aromatic ring is 1. The number of anilines is 2. The minimum absolute atomic E-state index is 0.0616.